The van der Waals surface area contributed by atoms with Crippen molar-refractivity contribution in [1.29, 1.82) is 0 Å². The van der Waals surface area contributed by atoms with Crippen LogP contribution in [0.5, 0.6) is 0 Å². The first-order chi connectivity index (χ1) is 21.9. The van der Waals surface area contributed by atoms with Crippen LogP contribution in [-0.2, 0) is 36.8 Å². The van der Waals surface area contributed by atoms with Crippen molar-refractivity contribution in [2.24, 2.45) is 17.3 Å². The molecule has 0 radical (unpaired) electrons. The van der Waals surface area contributed by atoms with Crippen LogP contribution in [0.4, 0.5) is 14.0 Å². The van der Waals surface area contributed by atoms with Gasteiger partial charge in [0, 0.05) is 31.1 Å². The molecule has 14 heteroatoms. The smallest absolute Gasteiger partial charge is 0.446 e. The minimum absolute atomic E-state index is 0.0135. The number of alkyl carbamates (subject to hydrolysis) is 1. The number of fused-ring (bicyclic) bond motifs is 1. The molecule has 5 aliphatic rings. The number of carbonyl (C=O) groups is 4. The number of ether oxygens (including phenoxy) is 2. The predicted octanol–water partition coefficient (Wildman–Crippen LogP) is 2.89. The fourth-order valence-electron chi connectivity index (χ4n) is 7.25. The van der Waals surface area contributed by atoms with Gasteiger partial charge in [0.1, 0.15) is 30.1 Å². The minimum atomic E-state index is -1.17. The van der Waals surface area contributed by atoms with Gasteiger partial charge in [-0.2, -0.15) is 0 Å². The molecule has 4 amide bonds. The molecular weight excluding hydrogens is 598 g/mol. The number of halogens is 1. The van der Waals surface area contributed by atoms with Gasteiger partial charge in [0.05, 0.1) is 19.0 Å². The van der Waals surface area contributed by atoms with Gasteiger partial charge in [0.2, 0.25) is 11.8 Å². The second-order valence-corrected chi connectivity index (χ2v) is 14.5. The lowest BCUT2D eigenvalue weighted by molar-refractivity contribution is -0.142. The lowest BCUT2D eigenvalue weighted by atomic mass is 9.73. The maximum Gasteiger partial charge on any atom is 0.478 e. The molecule has 2 saturated heterocycles. The van der Waals surface area contributed by atoms with Gasteiger partial charge in [-0.15, -0.1) is 0 Å². The molecule has 0 unspecified atom stereocenters. The Kier molecular flexibility index (Phi) is 9.21. The molecule has 3 aliphatic heterocycles. The quantitative estimate of drug-likeness (QED) is 0.385. The number of carbonyl (C=O) groups excluding carboxylic acids is 4. The van der Waals surface area contributed by atoms with E-state index in [-0.39, 0.29) is 38.1 Å². The summed E-state index contributed by atoms with van der Waals surface area (Å²) in [4.78, 5) is 57.0. The molecule has 1 aromatic carbocycles. The normalized spacial score (nSPS) is 27.0. The van der Waals surface area contributed by atoms with E-state index in [4.69, 9.17) is 14.1 Å². The van der Waals surface area contributed by atoms with E-state index in [1.165, 1.54) is 15.9 Å². The Labute approximate surface area is 268 Å². The van der Waals surface area contributed by atoms with E-state index in [1.807, 2.05) is 20.8 Å². The maximum atomic E-state index is 14.3. The Bertz CT molecular complexity index is 1350. The van der Waals surface area contributed by atoms with Crippen molar-refractivity contribution in [2.75, 3.05) is 13.2 Å². The zero-order chi connectivity index (χ0) is 32.7. The number of hydrogen-bond donors (Lipinski definition) is 3. The molecule has 0 spiro atoms. The summed E-state index contributed by atoms with van der Waals surface area (Å²) in [6.45, 7) is 5.93. The average molecular weight is 643 g/mol. The standard InChI is InChI=1S/C32H44BFN4O8/c1-32(2,3)26(35-30(41)45-20-8-4-5-9-20)29(40)38-15-21(46-31(42)37-14-19-7-6-10-24(34)22(19)16-37)13-25(38)28(39)36-27-23(18-11-12-18)17-44-33(27)43/h6-7,10,18,20-21,23,25-27,43H,4-5,8-9,11-17H2,1-3H3,(H,35,41)(H,36,39)/t21-,23-,25+,26-,27+/m1/s1. The van der Waals surface area contributed by atoms with Crippen molar-refractivity contribution in [3.8, 4) is 0 Å². The molecular formula is C32H44BFN4O8. The van der Waals surface area contributed by atoms with Gasteiger partial charge < -0.3 is 34.7 Å². The van der Waals surface area contributed by atoms with Crippen LogP contribution >= 0.6 is 0 Å². The molecule has 0 bridgehead atoms. The molecule has 4 fully saturated rings. The predicted molar refractivity (Wildman–Crippen MR) is 163 cm³/mol. The zero-order valence-electron chi connectivity index (χ0n) is 26.7. The van der Waals surface area contributed by atoms with E-state index in [9.17, 15) is 28.6 Å². The molecule has 46 heavy (non-hydrogen) atoms. The number of amides is 4. The molecule has 5 atom stereocenters. The summed E-state index contributed by atoms with van der Waals surface area (Å²) in [6.07, 6.45) is 3.11. The number of nitrogens with zero attached hydrogens (tertiary/aromatic N) is 2. The highest BCUT2D eigenvalue weighted by atomic mass is 19.1. The summed E-state index contributed by atoms with van der Waals surface area (Å²) >= 11 is 0. The van der Waals surface area contributed by atoms with Crippen LogP contribution in [0.2, 0.25) is 0 Å². The molecule has 2 aliphatic carbocycles. The second kappa shape index (κ2) is 13.0. The topological polar surface area (TPSA) is 147 Å². The number of hydrogen-bond acceptors (Lipinski definition) is 8. The first kappa shape index (κ1) is 32.6. The average Bonchev–Trinajstić information content (AvgIpc) is 3.36. The molecule has 12 nitrogen and oxygen atoms in total. The monoisotopic (exact) mass is 642 g/mol. The van der Waals surface area contributed by atoms with Gasteiger partial charge >= 0.3 is 19.3 Å². The van der Waals surface area contributed by atoms with E-state index in [0.29, 0.717) is 23.7 Å². The van der Waals surface area contributed by atoms with E-state index >= 15 is 0 Å². The Morgan fingerprint density at radius 1 is 1.07 bits per heavy atom. The van der Waals surface area contributed by atoms with Crippen molar-refractivity contribution in [3.63, 3.8) is 0 Å². The van der Waals surface area contributed by atoms with E-state index in [0.717, 1.165) is 38.5 Å². The summed E-state index contributed by atoms with van der Waals surface area (Å²) in [6, 6.07) is 2.62. The molecule has 1 aromatic rings. The third-order valence-electron chi connectivity index (χ3n) is 10.0. The highest BCUT2D eigenvalue weighted by Gasteiger charge is 2.51. The largest absolute Gasteiger partial charge is 0.478 e. The third-order valence-corrected chi connectivity index (χ3v) is 10.0. The summed E-state index contributed by atoms with van der Waals surface area (Å²) in [7, 11) is -1.17. The van der Waals surface area contributed by atoms with Crippen LogP contribution < -0.4 is 10.6 Å². The lowest BCUT2D eigenvalue weighted by Crippen LogP contribution is -2.59. The van der Waals surface area contributed by atoms with E-state index < -0.39 is 66.5 Å². The third kappa shape index (κ3) is 6.97. The van der Waals surface area contributed by atoms with Crippen molar-refractivity contribution in [2.45, 2.75) is 109 Å². The molecule has 0 aromatic heterocycles. The molecule has 2 saturated carbocycles. The highest BCUT2D eigenvalue weighted by Crippen LogP contribution is 2.41. The summed E-state index contributed by atoms with van der Waals surface area (Å²) in [5, 5.41) is 16.2. The summed E-state index contributed by atoms with van der Waals surface area (Å²) in [5.74, 6) is -1.71. The highest BCUT2D eigenvalue weighted by molar-refractivity contribution is 6.46. The SMILES string of the molecule is CC(C)(C)[C@H](NC(=O)OC1CCCC1)C(=O)N1C[C@H](OC(=O)N2Cc3cccc(F)c3C2)C[C@H]1C(=O)N[C@@H]1B(O)OC[C@@H]1C1CC1. The zero-order valence-corrected chi connectivity index (χ0v) is 26.7. The second-order valence-electron chi connectivity index (χ2n) is 14.5. The first-order valence-corrected chi connectivity index (χ1v) is 16.5. The van der Waals surface area contributed by atoms with Crippen LogP contribution in [0, 0.1) is 23.1 Å². The lowest BCUT2D eigenvalue weighted by Gasteiger charge is -2.35. The van der Waals surface area contributed by atoms with Crippen molar-refractivity contribution < 1.29 is 42.7 Å². The van der Waals surface area contributed by atoms with Crippen LogP contribution in [0.15, 0.2) is 18.2 Å². The van der Waals surface area contributed by atoms with Crippen LogP contribution in [-0.4, -0.2) is 89.3 Å². The fourth-order valence-corrected chi connectivity index (χ4v) is 7.25. The van der Waals surface area contributed by atoms with Gasteiger partial charge in [-0.25, -0.2) is 14.0 Å². The molecule has 3 N–H and O–H groups in total. The summed E-state index contributed by atoms with van der Waals surface area (Å²) in [5.41, 5.74) is 0.383. The van der Waals surface area contributed by atoms with E-state index in [1.54, 1.807) is 12.1 Å². The molecule has 250 valence electrons. The van der Waals surface area contributed by atoms with Crippen molar-refractivity contribution >= 4 is 31.1 Å². The molecule has 3 heterocycles. The Morgan fingerprint density at radius 2 is 1.80 bits per heavy atom. The van der Waals surface area contributed by atoms with Gasteiger partial charge in [-0.1, -0.05) is 32.9 Å². The number of likely N-dealkylation sites (tertiary alicyclic amines) is 1. The Balaban J connectivity index is 1.18. The van der Waals surface area contributed by atoms with Crippen LogP contribution in [0.3, 0.4) is 0 Å². The van der Waals surface area contributed by atoms with Crippen molar-refractivity contribution in [1.82, 2.24) is 20.4 Å². The van der Waals surface area contributed by atoms with Gasteiger partial charge in [-0.05, 0) is 61.5 Å². The number of benzene rings is 1. The van der Waals surface area contributed by atoms with Gasteiger partial charge in [-0.3, -0.25) is 14.5 Å². The fraction of sp³-hybridized carbons (Fsp3) is 0.688. The van der Waals surface area contributed by atoms with Gasteiger partial charge in [0.25, 0.3) is 0 Å². The Morgan fingerprint density at radius 3 is 2.48 bits per heavy atom. The summed E-state index contributed by atoms with van der Waals surface area (Å²) < 4.78 is 31.2. The minimum Gasteiger partial charge on any atom is -0.446 e. The maximum absolute atomic E-state index is 14.3. The van der Waals surface area contributed by atoms with Gasteiger partial charge in [0.15, 0.2) is 0 Å². The molecule has 6 rings (SSSR count). The van der Waals surface area contributed by atoms with Crippen LogP contribution in [0.1, 0.15) is 76.8 Å². The van der Waals surface area contributed by atoms with E-state index in [2.05, 4.69) is 10.6 Å². The number of nitrogens with one attached hydrogen (secondary N) is 2. The Hall–Kier alpha value is -3.39. The van der Waals surface area contributed by atoms with Crippen LogP contribution in [0.25, 0.3) is 0 Å². The van der Waals surface area contributed by atoms with Crippen molar-refractivity contribution in [3.05, 3.63) is 35.1 Å². The first-order valence-electron chi connectivity index (χ1n) is 16.5. The number of rotatable bonds is 7.